The van der Waals surface area contributed by atoms with Gasteiger partial charge in [-0.1, -0.05) is 0 Å². The van der Waals surface area contributed by atoms with E-state index in [0.717, 1.165) is 31.3 Å². The van der Waals surface area contributed by atoms with Crippen molar-refractivity contribution in [3.8, 4) is 5.88 Å². The Morgan fingerprint density at radius 3 is 3.28 bits per heavy atom. The molecule has 1 saturated heterocycles. The smallest absolute Gasteiger partial charge is 0.245 e. The van der Waals surface area contributed by atoms with Gasteiger partial charge in [-0.2, -0.15) is 4.37 Å². The number of nitrogens with one attached hydrogen (secondary N) is 1. The van der Waals surface area contributed by atoms with E-state index < -0.39 is 6.10 Å². The minimum atomic E-state index is -0.538. The lowest BCUT2D eigenvalue weighted by atomic mass is 10.0. The first-order valence-electron chi connectivity index (χ1n) is 6.16. The normalized spacial score (nSPS) is 25.2. The monoisotopic (exact) mass is 273 g/mol. The Hall–Kier alpha value is -0.760. The molecule has 0 bridgehead atoms. The lowest BCUT2D eigenvalue weighted by Gasteiger charge is -2.16. The summed E-state index contributed by atoms with van der Waals surface area (Å²) < 4.78 is 18.5. The quantitative estimate of drug-likeness (QED) is 0.744. The van der Waals surface area contributed by atoms with Gasteiger partial charge in [0.1, 0.15) is 18.9 Å². The molecule has 3 unspecified atom stereocenters. The maximum Gasteiger partial charge on any atom is 0.245 e. The van der Waals surface area contributed by atoms with E-state index in [1.807, 2.05) is 0 Å². The minimum Gasteiger partial charge on any atom is -0.473 e. The SMILES string of the molecule is CC1OCCC1CNCC(O)COc1cnsn1. The fourth-order valence-electron chi connectivity index (χ4n) is 1.94. The van der Waals surface area contributed by atoms with Crippen molar-refractivity contribution in [3.63, 3.8) is 0 Å². The molecule has 0 aromatic carbocycles. The first-order valence-corrected chi connectivity index (χ1v) is 6.89. The average molecular weight is 273 g/mol. The minimum absolute atomic E-state index is 0.231. The zero-order valence-corrected chi connectivity index (χ0v) is 11.2. The molecular weight excluding hydrogens is 254 g/mol. The van der Waals surface area contributed by atoms with Gasteiger partial charge in [0, 0.05) is 19.7 Å². The van der Waals surface area contributed by atoms with Crippen LogP contribution in [0.3, 0.4) is 0 Å². The van der Waals surface area contributed by atoms with Crippen LogP contribution < -0.4 is 10.1 Å². The number of ether oxygens (including phenoxy) is 2. The van der Waals surface area contributed by atoms with E-state index in [1.165, 1.54) is 0 Å². The number of aliphatic hydroxyl groups excluding tert-OH is 1. The van der Waals surface area contributed by atoms with Crippen LogP contribution in [-0.2, 0) is 4.74 Å². The second-order valence-electron chi connectivity index (χ2n) is 4.49. The molecule has 2 heterocycles. The molecule has 1 fully saturated rings. The largest absolute Gasteiger partial charge is 0.473 e. The number of nitrogens with zero attached hydrogens (tertiary/aromatic N) is 2. The van der Waals surface area contributed by atoms with E-state index in [0.29, 0.717) is 24.4 Å². The standard InChI is InChI=1S/C11H19N3O3S/c1-8-9(2-3-16-8)4-12-5-10(15)7-17-11-6-13-18-14-11/h6,8-10,12,15H,2-5,7H2,1H3. The molecule has 2 N–H and O–H groups in total. The predicted molar refractivity (Wildman–Crippen MR) is 67.8 cm³/mol. The third-order valence-electron chi connectivity index (χ3n) is 3.08. The highest BCUT2D eigenvalue weighted by molar-refractivity contribution is 6.99. The summed E-state index contributed by atoms with van der Waals surface area (Å²) in [5.41, 5.74) is 0. The molecule has 2 rings (SSSR count). The van der Waals surface area contributed by atoms with Gasteiger partial charge in [0.25, 0.3) is 0 Å². The van der Waals surface area contributed by atoms with Crippen LogP contribution in [0.4, 0.5) is 0 Å². The van der Waals surface area contributed by atoms with Crippen molar-refractivity contribution in [1.82, 2.24) is 14.1 Å². The van der Waals surface area contributed by atoms with Gasteiger partial charge in [0.15, 0.2) is 0 Å². The first-order chi connectivity index (χ1) is 8.75. The summed E-state index contributed by atoms with van der Waals surface area (Å²) in [5, 5.41) is 13.0. The van der Waals surface area contributed by atoms with Gasteiger partial charge in [0.2, 0.25) is 5.88 Å². The number of hydrogen-bond acceptors (Lipinski definition) is 7. The maximum atomic E-state index is 9.72. The van der Waals surface area contributed by atoms with Crippen LogP contribution in [-0.4, -0.2) is 52.4 Å². The highest BCUT2D eigenvalue weighted by Gasteiger charge is 2.23. The van der Waals surface area contributed by atoms with Gasteiger partial charge >= 0.3 is 0 Å². The van der Waals surface area contributed by atoms with Crippen LogP contribution in [0, 0.1) is 5.92 Å². The van der Waals surface area contributed by atoms with Gasteiger partial charge in [-0.3, -0.25) is 0 Å². The van der Waals surface area contributed by atoms with Crippen LogP contribution in [0.25, 0.3) is 0 Å². The summed E-state index contributed by atoms with van der Waals surface area (Å²) in [6, 6.07) is 0. The predicted octanol–water partition coefficient (Wildman–Crippen LogP) is 0.292. The number of aromatic nitrogens is 2. The molecule has 1 aliphatic rings. The molecule has 1 aromatic heterocycles. The number of hydrogen-bond donors (Lipinski definition) is 2. The van der Waals surface area contributed by atoms with Crippen LogP contribution in [0.15, 0.2) is 6.20 Å². The summed E-state index contributed by atoms with van der Waals surface area (Å²) in [4.78, 5) is 0. The summed E-state index contributed by atoms with van der Waals surface area (Å²) in [6.45, 7) is 4.55. The first kappa shape index (κ1) is 13.7. The highest BCUT2D eigenvalue weighted by atomic mass is 32.1. The fraction of sp³-hybridized carbons (Fsp3) is 0.818. The Balaban J connectivity index is 1.55. The Morgan fingerprint density at radius 1 is 1.72 bits per heavy atom. The Labute approximate surface area is 111 Å². The molecule has 0 aliphatic carbocycles. The lowest BCUT2D eigenvalue weighted by Crippen LogP contribution is -2.35. The molecular formula is C11H19N3O3S. The van der Waals surface area contributed by atoms with Crippen molar-refractivity contribution >= 4 is 11.7 Å². The lowest BCUT2D eigenvalue weighted by molar-refractivity contribution is 0.0936. The van der Waals surface area contributed by atoms with Gasteiger partial charge < -0.3 is 19.9 Å². The molecule has 0 saturated carbocycles. The van der Waals surface area contributed by atoms with Crippen molar-refractivity contribution in [3.05, 3.63) is 6.20 Å². The molecule has 0 amide bonds. The Bertz CT molecular complexity index is 336. The topological polar surface area (TPSA) is 76.5 Å². The van der Waals surface area contributed by atoms with E-state index >= 15 is 0 Å². The van der Waals surface area contributed by atoms with Gasteiger partial charge in [-0.25, -0.2) is 0 Å². The Kier molecular flexibility index (Phi) is 5.30. The molecule has 1 aliphatic heterocycles. The van der Waals surface area contributed by atoms with Gasteiger partial charge in [0.05, 0.1) is 17.8 Å². The second-order valence-corrected chi connectivity index (χ2v) is 5.05. The van der Waals surface area contributed by atoms with E-state index in [9.17, 15) is 5.11 Å². The fourth-order valence-corrected chi connectivity index (χ4v) is 2.30. The third-order valence-corrected chi connectivity index (χ3v) is 3.55. The summed E-state index contributed by atoms with van der Waals surface area (Å²) in [7, 11) is 0. The van der Waals surface area contributed by atoms with Crippen LogP contribution >= 0.6 is 11.7 Å². The van der Waals surface area contributed by atoms with Gasteiger partial charge in [-0.05, 0) is 19.3 Å². The molecule has 18 heavy (non-hydrogen) atoms. The van der Waals surface area contributed by atoms with Crippen LogP contribution in [0.1, 0.15) is 13.3 Å². The van der Waals surface area contributed by atoms with E-state index in [4.69, 9.17) is 9.47 Å². The summed E-state index contributed by atoms with van der Waals surface area (Å²) in [5.74, 6) is 1.01. The van der Waals surface area contributed by atoms with Crippen molar-refractivity contribution in [1.29, 1.82) is 0 Å². The average Bonchev–Trinajstić information content (AvgIpc) is 2.99. The van der Waals surface area contributed by atoms with E-state index in [1.54, 1.807) is 6.20 Å². The number of rotatable bonds is 7. The van der Waals surface area contributed by atoms with Gasteiger partial charge in [-0.15, -0.1) is 4.37 Å². The summed E-state index contributed by atoms with van der Waals surface area (Å²) in [6.07, 6.45) is 2.41. The zero-order valence-electron chi connectivity index (χ0n) is 10.4. The molecule has 3 atom stereocenters. The van der Waals surface area contributed by atoms with Crippen LogP contribution in [0.2, 0.25) is 0 Å². The van der Waals surface area contributed by atoms with Crippen LogP contribution in [0.5, 0.6) is 5.88 Å². The van der Waals surface area contributed by atoms with E-state index in [-0.39, 0.29) is 6.61 Å². The van der Waals surface area contributed by atoms with Crippen molar-refractivity contribution < 1.29 is 14.6 Å². The third kappa shape index (κ3) is 4.16. The van der Waals surface area contributed by atoms with Crippen molar-refractivity contribution in [2.24, 2.45) is 5.92 Å². The molecule has 6 nitrogen and oxygen atoms in total. The molecule has 0 radical (unpaired) electrons. The molecule has 7 heteroatoms. The maximum absolute atomic E-state index is 9.72. The van der Waals surface area contributed by atoms with Crippen molar-refractivity contribution in [2.75, 3.05) is 26.3 Å². The second kappa shape index (κ2) is 6.98. The molecule has 0 spiro atoms. The number of aliphatic hydroxyl groups is 1. The molecule has 102 valence electrons. The Morgan fingerprint density at radius 2 is 2.61 bits per heavy atom. The highest BCUT2D eigenvalue weighted by Crippen LogP contribution is 2.19. The molecule has 1 aromatic rings. The van der Waals surface area contributed by atoms with E-state index in [2.05, 4.69) is 21.0 Å². The summed E-state index contributed by atoms with van der Waals surface area (Å²) >= 11 is 1.09. The van der Waals surface area contributed by atoms with Crippen molar-refractivity contribution in [2.45, 2.75) is 25.6 Å². The zero-order chi connectivity index (χ0) is 12.8.